The number of esters is 4. The number of carbonyl (C=O) groups excluding carboxylic acids is 4. The van der Waals surface area contributed by atoms with Crippen LogP contribution in [-0.2, 0) is 65.4 Å². The maximum Gasteiger partial charge on any atom is 0.472 e. The Labute approximate surface area is 658 Å². The van der Waals surface area contributed by atoms with Gasteiger partial charge in [-0.2, -0.15) is 0 Å². The maximum absolute atomic E-state index is 13.2. The fourth-order valence-corrected chi connectivity index (χ4v) is 15.4. The van der Waals surface area contributed by atoms with E-state index in [9.17, 15) is 43.2 Å². The molecule has 0 saturated heterocycles. The molecule has 0 fully saturated rings. The Kier molecular flexibility index (Phi) is 79.2. The van der Waals surface area contributed by atoms with Gasteiger partial charge in [-0.05, 0) is 31.6 Å². The Morgan fingerprint density at radius 3 is 0.664 bits per heavy atom. The van der Waals surface area contributed by atoms with Crippen molar-refractivity contribution in [3.63, 3.8) is 0 Å². The van der Waals surface area contributed by atoms with E-state index in [0.717, 1.165) is 95.8 Å². The van der Waals surface area contributed by atoms with Crippen molar-refractivity contribution in [2.45, 2.75) is 496 Å². The van der Waals surface area contributed by atoms with Crippen molar-refractivity contribution in [2.75, 3.05) is 39.6 Å². The van der Waals surface area contributed by atoms with Crippen molar-refractivity contribution in [2.24, 2.45) is 5.92 Å². The molecule has 0 aromatic carbocycles. The van der Waals surface area contributed by atoms with Gasteiger partial charge in [0.1, 0.15) is 19.3 Å². The summed E-state index contributed by atoms with van der Waals surface area (Å²) in [5, 5.41) is 10.7. The molecule has 0 amide bonds. The van der Waals surface area contributed by atoms with Crippen LogP contribution in [0.1, 0.15) is 478 Å². The second kappa shape index (κ2) is 80.7. The molecule has 0 aliphatic carbocycles. The molecule has 0 rings (SSSR count). The van der Waals surface area contributed by atoms with E-state index in [1.54, 1.807) is 0 Å². The van der Waals surface area contributed by atoms with Gasteiger partial charge in [0.15, 0.2) is 12.2 Å². The fraction of sp³-hybridized carbons (Fsp3) is 0.955. The molecule has 0 radical (unpaired) electrons. The van der Waals surface area contributed by atoms with E-state index in [-0.39, 0.29) is 25.7 Å². The van der Waals surface area contributed by atoms with E-state index in [4.69, 9.17) is 37.0 Å². The lowest BCUT2D eigenvalue weighted by molar-refractivity contribution is -0.161. The zero-order valence-corrected chi connectivity index (χ0v) is 72.1. The second-order valence-corrected chi connectivity index (χ2v) is 34.8. The molecule has 107 heavy (non-hydrogen) atoms. The smallest absolute Gasteiger partial charge is 0.462 e. The molecule has 0 aliphatic rings. The Bertz CT molecular complexity index is 2030. The maximum atomic E-state index is 13.2. The molecule has 19 heteroatoms. The summed E-state index contributed by atoms with van der Waals surface area (Å²) in [6.45, 7) is 7.44. The third-order valence-corrected chi connectivity index (χ3v) is 23.0. The molecule has 6 atom stereocenters. The van der Waals surface area contributed by atoms with Gasteiger partial charge in [0, 0.05) is 25.7 Å². The third kappa shape index (κ3) is 80.5. The number of carbonyl (C=O) groups is 4. The summed E-state index contributed by atoms with van der Waals surface area (Å²) in [7, 11) is -9.93. The highest BCUT2D eigenvalue weighted by Gasteiger charge is 2.30. The summed E-state index contributed by atoms with van der Waals surface area (Å²) >= 11 is 0. The van der Waals surface area contributed by atoms with Crippen molar-refractivity contribution < 1.29 is 80.2 Å². The number of hydrogen-bond acceptors (Lipinski definition) is 15. The highest BCUT2D eigenvalue weighted by molar-refractivity contribution is 7.47. The first kappa shape index (κ1) is 105. The zero-order chi connectivity index (χ0) is 78.3. The first-order valence-corrected chi connectivity index (χ1v) is 48.7. The van der Waals surface area contributed by atoms with Crippen LogP contribution in [0.5, 0.6) is 0 Å². The Morgan fingerprint density at radius 2 is 0.449 bits per heavy atom. The van der Waals surface area contributed by atoms with Crippen LogP contribution in [0.25, 0.3) is 0 Å². The van der Waals surface area contributed by atoms with Crippen molar-refractivity contribution >= 4 is 39.5 Å². The van der Waals surface area contributed by atoms with E-state index in [1.807, 2.05) is 0 Å². The SMILES string of the molecule is CCCCCCCCCCCCCCCCCCCCCCCC(=O)OC[C@H](COP(=O)(O)OC[C@@H](O)COP(=O)(O)OC[C@@H](COC(=O)CCCCCCCCCCCCCC)OC(=O)CCCCCCCCCCCCCC)OC(=O)CCCCCCCCCCCCCCCCCCCCC(C)CC. The van der Waals surface area contributed by atoms with Gasteiger partial charge in [-0.1, -0.05) is 426 Å². The average molecular weight is 1560 g/mol. The molecule has 0 spiro atoms. The van der Waals surface area contributed by atoms with Crippen LogP contribution in [0.2, 0.25) is 0 Å². The molecule has 0 heterocycles. The summed E-state index contributed by atoms with van der Waals surface area (Å²) in [6.07, 6.45) is 75.0. The lowest BCUT2D eigenvalue weighted by Gasteiger charge is -2.21. The zero-order valence-electron chi connectivity index (χ0n) is 70.3. The fourth-order valence-electron chi connectivity index (χ4n) is 13.8. The molecule has 0 bridgehead atoms. The first-order chi connectivity index (χ1) is 52.1. The number of unbranched alkanes of at least 4 members (excludes halogenated alkanes) is 59. The molecule has 0 saturated carbocycles. The number of phosphoric acid groups is 2. The second-order valence-electron chi connectivity index (χ2n) is 31.9. The number of aliphatic hydroxyl groups is 1. The number of phosphoric ester groups is 2. The molecule has 0 aliphatic heterocycles. The van der Waals surface area contributed by atoms with E-state index in [0.29, 0.717) is 25.7 Å². The van der Waals surface area contributed by atoms with E-state index >= 15 is 0 Å². The predicted molar refractivity (Wildman–Crippen MR) is 442 cm³/mol. The van der Waals surface area contributed by atoms with Crippen molar-refractivity contribution in [3.05, 3.63) is 0 Å². The predicted octanol–water partition coefficient (Wildman–Crippen LogP) is 27.2. The largest absolute Gasteiger partial charge is 0.472 e. The van der Waals surface area contributed by atoms with Crippen molar-refractivity contribution in [1.29, 1.82) is 0 Å². The minimum Gasteiger partial charge on any atom is -0.462 e. The van der Waals surface area contributed by atoms with Gasteiger partial charge in [-0.15, -0.1) is 0 Å². The summed E-state index contributed by atoms with van der Waals surface area (Å²) in [5.41, 5.74) is 0. The minimum absolute atomic E-state index is 0.108. The lowest BCUT2D eigenvalue weighted by atomic mass is 9.99. The van der Waals surface area contributed by atoms with Gasteiger partial charge in [-0.25, -0.2) is 9.13 Å². The highest BCUT2D eigenvalue weighted by atomic mass is 31.2. The van der Waals surface area contributed by atoms with Crippen LogP contribution in [0, 0.1) is 5.92 Å². The average Bonchev–Trinajstić information content (AvgIpc) is 0.902. The molecular weight excluding hydrogens is 1390 g/mol. The van der Waals surface area contributed by atoms with Gasteiger partial charge >= 0.3 is 39.5 Å². The summed E-state index contributed by atoms with van der Waals surface area (Å²) in [6, 6.07) is 0. The number of rotatable bonds is 88. The Balaban J connectivity index is 5.21. The molecule has 0 aromatic rings. The number of aliphatic hydroxyl groups excluding tert-OH is 1. The standard InChI is InChI=1S/C88H172O17P2/c1-6-10-13-16-19-22-25-28-29-30-31-32-33-37-40-43-48-52-57-62-67-72-86(91)99-78-84(105-88(93)74-69-64-59-54-49-44-41-38-35-34-36-39-42-45-50-55-60-65-70-81(5)9-4)80-103-107(96,97)101-76-82(89)75-100-106(94,95)102-79-83(104-87(92)73-68-63-58-53-47-27-24-21-18-15-12-8-3)77-98-85(90)71-66-61-56-51-46-26-23-20-17-14-11-7-2/h81-84,89H,6-80H2,1-5H3,(H,94,95)(H,96,97)/t81?,82-,83+,84+/m0/s1. The van der Waals surface area contributed by atoms with E-state index in [1.165, 1.54) is 302 Å². The highest BCUT2D eigenvalue weighted by Crippen LogP contribution is 2.45. The van der Waals surface area contributed by atoms with Crippen LogP contribution in [0.15, 0.2) is 0 Å². The van der Waals surface area contributed by atoms with Crippen LogP contribution < -0.4 is 0 Å². The molecule has 3 unspecified atom stereocenters. The summed E-state index contributed by atoms with van der Waals surface area (Å²) < 4.78 is 68.9. The van der Waals surface area contributed by atoms with Crippen LogP contribution in [-0.4, -0.2) is 96.7 Å². The van der Waals surface area contributed by atoms with E-state index < -0.39 is 97.5 Å². The molecular formula is C88H172O17P2. The van der Waals surface area contributed by atoms with Crippen LogP contribution in [0.3, 0.4) is 0 Å². The molecule has 17 nitrogen and oxygen atoms in total. The van der Waals surface area contributed by atoms with Crippen LogP contribution >= 0.6 is 15.6 Å². The van der Waals surface area contributed by atoms with Gasteiger partial charge in [-0.3, -0.25) is 37.3 Å². The van der Waals surface area contributed by atoms with E-state index in [2.05, 4.69) is 34.6 Å². The third-order valence-electron chi connectivity index (χ3n) is 21.1. The van der Waals surface area contributed by atoms with Gasteiger partial charge in [0.05, 0.1) is 26.4 Å². The Morgan fingerprint density at radius 1 is 0.262 bits per heavy atom. The minimum atomic E-state index is -4.97. The first-order valence-electron chi connectivity index (χ1n) is 45.7. The Hall–Kier alpha value is -1.94. The lowest BCUT2D eigenvalue weighted by Crippen LogP contribution is -2.30. The van der Waals surface area contributed by atoms with Crippen LogP contribution in [0.4, 0.5) is 0 Å². The summed E-state index contributed by atoms with van der Waals surface area (Å²) in [5.74, 6) is -1.23. The van der Waals surface area contributed by atoms with Crippen molar-refractivity contribution in [3.8, 4) is 0 Å². The summed E-state index contributed by atoms with van der Waals surface area (Å²) in [4.78, 5) is 73.2. The normalized spacial score (nSPS) is 14.0. The van der Waals surface area contributed by atoms with Gasteiger partial charge < -0.3 is 33.8 Å². The monoisotopic (exact) mass is 1560 g/mol. The topological polar surface area (TPSA) is 237 Å². The molecule has 636 valence electrons. The number of ether oxygens (including phenoxy) is 4. The molecule has 0 aromatic heterocycles. The number of hydrogen-bond donors (Lipinski definition) is 3. The molecule has 3 N–H and O–H groups in total. The van der Waals surface area contributed by atoms with Gasteiger partial charge in [0.2, 0.25) is 0 Å². The quantitative estimate of drug-likeness (QED) is 0.0222. The van der Waals surface area contributed by atoms with Gasteiger partial charge in [0.25, 0.3) is 0 Å². The van der Waals surface area contributed by atoms with Crippen molar-refractivity contribution in [1.82, 2.24) is 0 Å².